The standard InChI is InChI=1S/C10H16N4O2S/c1-5(2)4-7(15)11-6(3)8-9(16)12-10(17)14-13-8/h5-6H,4H2,1-3H3,(H,11,15)(H2,12,14,16,17). The summed E-state index contributed by atoms with van der Waals surface area (Å²) in [7, 11) is 0. The van der Waals surface area contributed by atoms with Crippen LogP contribution in [0, 0.1) is 10.7 Å². The third kappa shape index (κ3) is 4.10. The molecule has 1 unspecified atom stereocenters. The summed E-state index contributed by atoms with van der Waals surface area (Å²) < 4.78 is 0.166. The van der Waals surface area contributed by atoms with E-state index < -0.39 is 6.04 Å². The van der Waals surface area contributed by atoms with Crippen LogP contribution in [0.2, 0.25) is 0 Å². The van der Waals surface area contributed by atoms with Crippen molar-refractivity contribution in [2.24, 2.45) is 5.92 Å². The van der Waals surface area contributed by atoms with Gasteiger partial charge in [-0.2, -0.15) is 5.10 Å². The number of carbonyl (C=O) groups excluding carboxylic acids is 1. The molecule has 0 saturated heterocycles. The molecule has 0 spiro atoms. The van der Waals surface area contributed by atoms with Gasteiger partial charge >= 0.3 is 0 Å². The first-order valence-electron chi connectivity index (χ1n) is 5.38. The fourth-order valence-electron chi connectivity index (χ4n) is 1.39. The van der Waals surface area contributed by atoms with Gasteiger partial charge in [-0.15, -0.1) is 0 Å². The average Bonchev–Trinajstić information content (AvgIpc) is 2.15. The number of rotatable bonds is 4. The average molecular weight is 256 g/mol. The molecule has 94 valence electrons. The quantitative estimate of drug-likeness (QED) is 0.702. The molecule has 1 atom stereocenters. The summed E-state index contributed by atoms with van der Waals surface area (Å²) in [6.45, 7) is 5.61. The van der Waals surface area contributed by atoms with Crippen LogP contribution in [0.25, 0.3) is 0 Å². The van der Waals surface area contributed by atoms with Gasteiger partial charge in [0.05, 0.1) is 6.04 Å². The van der Waals surface area contributed by atoms with Gasteiger partial charge in [-0.05, 0) is 25.1 Å². The molecule has 0 aliphatic heterocycles. The summed E-state index contributed by atoms with van der Waals surface area (Å²) >= 11 is 4.73. The molecule has 0 saturated carbocycles. The number of hydrogen-bond acceptors (Lipinski definition) is 4. The van der Waals surface area contributed by atoms with E-state index in [1.807, 2.05) is 13.8 Å². The highest BCUT2D eigenvalue weighted by atomic mass is 32.1. The lowest BCUT2D eigenvalue weighted by molar-refractivity contribution is -0.122. The van der Waals surface area contributed by atoms with Crippen LogP contribution < -0.4 is 10.9 Å². The predicted octanol–water partition coefficient (Wildman–Crippen LogP) is 1.05. The van der Waals surface area contributed by atoms with Crippen LogP contribution in [0.1, 0.15) is 38.9 Å². The topological polar surface area (TPSA) is 90.6 Å². The van der Waals surface area contributed by atoms with E-state index in [4.69, 9.17) is 12.2 Å². The van der Waals surface area contributed by atoms with Crippen LogP contribution in [0.5, 0.6) is 0 Å². The lowest BCUT2D eigenvalue weighted by Crippen LogP contribution is -2.32. The lowest BCUT2D eigenvalue weighted by atomic mass is 10.1. The van der Waals surface area contributed by atoms with Gasteiger partial charge in [-0.3, -0.25) is 19.7 Å². The Morgan fingerprint density at radius 1 is 1.47 bits per heavy atom. The van der Waals surface area contributed by atoms with Crippen molar-refractivity contribution in [3.05, 3.63) is 20.8 Å². The number of nitrogens with zero attached hydrogens (tertiary/aromatic N) is 1. The van der Waals surface area contributed by atoms with Crippen molar-refractivity contribution in [1.29, 1.82) is 0 Å². The third-order valence-electron chi connectivity index (χ3n) is 2.12. The maximum absolute atomic E-state index is 11.5. The minimum atomic E-state index is -0.447. The molecule has 1 aromatic heterocycles. The second-order valence-electron chi connectivity index (χ2n) is 4.28. The summed E-state index contributed by atoms with van der Waals surface area (Å²) in [4.78, 5) is 25.5. The number of hydrogen-bond donors (Lipinski definition) is 3. The summed E-state index contributed by atoms with van der Waals surface area (Å²) in [5.74, 6) is 0.172. The first-order valence-corrected chi connectivity index (χ1v) is 5.79. The number of aromatic amines is 2. The maximum atomic E-state index is 11.5. The van der Waals surface area contributed by atoms with E-state index in [0.717, 1.165) is 0 Å². The van der Waals surface area contributed by atoms with Crippen LogP contribution in [0.3, 0.4) is 0 Å². The minimum absolute atomic E-state index is 0.101. The Morgan fingerprint density at radius 3 is 2.65 bits per heavy atom. The molecule has 1 rings (SSSR count). The van der Waals surface area contributed by atoms with E-state index in [-0.39, 0.29) is 27.8 Å². The van der Waals surface area contributed by atoms with Crippen LogP contribution >= 0.6 is 12.2 Å². The van der Waals surface area contributed by atoms with Crippen LogP contribution in [0.15, 0.2) is 4.79 Å². The molecule has 1 amide bonds. The third-order valence-corrected chi connectivity index (χ3v) is 2.31. The monoisotopic (exact) mass is 256 g/mol. The smallest absolute Gasteiger partial charge is 0.275 e. The Bertz CT molecular complexity index is 506. The van der Waals surface area contributed by atoms with Crippen molar-refractivity contribution in [1.82, 2.24) is 20.5 Å². The van der Waals surface area contributed by atoms with Crippen molar-refractivity contribution in [2.75, 3.05) is 0 Å². The molecule has 6 nitrogen and oxygen atoms in total. The van der Waals surface area contributed by atoms with Gasteiger partial charge in [0, 0.05) is 6.42 Å². The normalized spacial score (nSPS) is 12.5. The van der Waals surface area contributed by atoms with E-state index >= 15 is 0 Å². The van der Waals surface area contributed by atoms with Crippen molar-refractivity contribution in [3.8, 4) is 0 Å². The number of aromatic nitrogens is 3. The van der Waals surface area contributed by atoms with Crippen LogP contribution in [0.4, 0.5) is 0 Å². The van der Waals surface area contributed by atoms with Crippen molar-refractivity contribution < 1.29 is 4.79 Å². The van der Waals surface area contributed by atoms with E-state index in [0.29, 0.717) is 6.42 Å². The molecule has 0 aliphatic rings. The maximum Gasteiger partial charge on any atom is 0.275 e. The summed E-state index contributed by atoms with van der Waals surface area (Å²) in [6, 6.07) is -0.447. The molecule has 3 N–H and O–H groups in total. The zero-order valence-electron chi connectivity index (χ0n) is 10.0. The van der Waals surface area contributed by atoms with Crippen molar-refractivity contribution in [2.45, 2.75) is 33.2 Å². The molecule has 17 heavy (non-hydrogen) atoms. The van der Waals surface area contributed by atoms with E-state index in [1.165, 1.54) is 0 Å². The van der Waals surface area contributed by atoms with E-state index in [2.05, 4.69) is 20.5 Å². The summed E-state index contributed by atoms with van der Waals surface area (Å²) in [5, 5.41) is 9.03. The van der Waals surface area contributed by atoms with Gasteiger partial charge in [0.1, 0.15) is 5.69 Å². The second-order valence-corrected chi connectivity index (χ2v) is 4.69. The van der Waals surface area contributed by atoms with Gasteiger partial charge in [0.2, 0.25) is 5.91 Å². The molecule has 0 fully saturated rings. The predicted molar refractivity (Wildman–Crippen MR) is 66.1 cm³/mol. The molecule has 0 aliphatic carbocycles. The first kappa shape index (κ1) is 13.6. The van der Waals surface area contributed by atoms with Crippen LogP contribution in [-0.2, 0) is 4.79 Å². The Hall–Kier alpha value is -1.50. The van der Waals surface area contributed by atoms with Crippen molar-refractivity contribution in [3.63, 3.8) is 0 Å². The Morgan fingerprint density at radius 2 is 2.12 bits per heavy atom. The first-order chi connectivity index (χ1) is 7.90. The molecule has 7 heteroatoms. The zero-order valence-corrected chi connectivity index (χ0v) is 10.9. The molecular weight excluding hydrogens is 240 g/mol. The molecule has 1 heterocycles. The number of carbonyl (C=O) groups is 1. The van der Waals surface area contributed by atoms with Gasteiger partial charge in [0.25, 0.3) is 5.56 Å². The molecule has 0 bridgehead atoms. The van der Waals surface area contributed by atoms with Gasteiger partial charge in [-0.25, -0.2) is 0 Å². The highest BCUT2D eigenvalue weighted by molar-refractivity contribution is 7.71. The second kappa shape index (κ2) is 5.72. The SMILES string of the molecule is CC(C)CC(=O)NC(C)c1n[nH]c(=S)[nH]c1=O. The number of amides is 1. The van der Waals surface area contributed by atoms with Gasteiger partial charge in [0.15, 0.2) is 4.77 Å². The summed E-state index contributed by atoms with van der Waals surface area (Å²) in [5.41, 5.74) is -0.165. The zero-order chi connectivity index (χ0) is 13.0. The lowest BCUT2D eigenvalue weighted by Gasteiger charge is -2.13. The Kier molecular flexibility index (Phi) is 4.56. The van der Waals surface area contributed by atoms with Gasteiger partial charge < -0.3 is 5.32 Å². The largest absolute Gasteiger partial charge is 0.348 e. The molecule has 0 aromatic carbocycles. The molecular formula is C10H16N4O2S. The Balaban J connectivity index is 2.76. The minimum Gasteiger partial charge on any atom is -0.348 e. The molecule has 1 aromatic rings. The van der Waals surface area contributed by atoms with Crippen LogP contribution in [-0.4, -0.2) is 21.1 Å². The fraction of sp³-hybridized carbons (Fsp3) is 0.600. The number of nitrogens with one attached hydrogen (secondary N) is 3. The van der Waals surface area contributed by atoms with E-state index in [9.17, 15) is 9.59 Å². The summed E-state index contributed by atoms with van der Waals surface area (Å²) in [6.07, 6.45) is 0.422. The van der Waals surface area contributed by atoms with Crippen molar-refractivity contribution >= 4 is 18.1 Å². The number of H-pyrrole nitrogens is 2. The fourth-order valence-corrected chi connectivity index (χ4v) is 1.53. The Labute approximate surface area is 104 Å². The highest BCUT2D eigenvalue weighted by Crippen LogP contribution is 2.05. The van der Waals surface area contributed by atoms with E-state index in [1.54, 1.807) is 6.92 Å². The highest BCUT2D eigenvalue weighted by Gasteiger charge is 2.15. The molecule has 0 radical (unpaired) electrons. The van der Waals surface area contributed by atoms with Gasteiger partial charge in [-0.1, -0.05) is 13.8 Å².